The summed E-state index contributed by atoms with van der Waals surface area (Å²) in [6, 6.07) is 0. The Morgan fingerprint density at radius 3 is 2.67 bits per heavy atom. The lowest BCUT2D eigenvalue weighted by Crippen LogP contribution is -2.08. The maximum absolute atomic E-state index is 12.5. The minimum absolute atomic E-state index is 0.0139. The standard InChI is InChI=1S/C7H11FO/c1-3-6-4-7(8)5(2)9-6/h4-6H,3H2,1-2H3. The number of hydrogen-bond donors (Lipinski definition) is 0. The van der Waals surface area contributed by atoms with Gasteiger partial charge in [-0.15, -0.1) is 0 Å². The second kappa shape index (κ2) is 2.48. The molecule has 0 aromatic heterocycles. The van der Waals surface area contributed by atoms with Gasteiger partial charge in [0.15, 0.2) is 0 Å². The Morgan fingerprint density at radius 1 is 1.78 bits per heavy atom. The monoisotopic (exact) mass is 130 g/mol. The first-order valence-corrected chi connectivity index (χ1v) is 3.26. The molecule has 0 N–H and O–H groups in total. The molecule has 1 aliphatic heterocycles. The molecule has 2 heteroatoms. The van der Waals surface area contributed by atoms with Gasteiger partial charge in [-0.3, -0.25) is 0 Å². The van der Waals surface area contributed by atoms with E-state index in [0.29, 0.717) is 0 Å². The van der Waals surface area contributed by atoms with Crippen LogP contribution in [0.3, 0.4) is 0 Å². The average Bonchev–Trinajstić information content (AvgIpc) is 2.13. The van der Waals surface area contributed by atoms with Crippen LogP contribution in [-0.4, -0.2) is 12.2 Å². The van der Waals surface area contributed by atoms with Gasteiger partial charge in [0.2, 0.25) is 0 Å². The predicted molar refractivity (Wildman–Crippen MR) is 33.8 cm³/mol. The predicted octanol–water partition coefficient (Wildman–Crippen LogP) is 2.04. The smallest absolute Gasteiger partial charge is 0.127 e. The third-order valence-corrected chi connectivity index (χ3v) is 1.51. The zero-order valence-electron chi connectivity index (χ0n) is 5.73. The van der Waals surface area contributed by atoms with Gasteiger partial charge in [0.1, 0.15) is 11.9 Å². The molecule has 0 aromatic carbocycles. The van der Waals surface area contributed by atoms with Gasteiger partial charge >= 0.3 is 0 Å². The molecule has 52 valence electrons. The summed E-state index contributed by atoms with van der Waals surface area (Å²) in [5.74, 6) is -0.123. The van der Waals surface area contributed by atoms with E-state index >= 15 is 0 Å². The molecule has 0 bridgehead atoms. The van der Waals surface area contributed by atoms with Crippen LogP contribution in [0.2, 0.25) is 0 Å². The summed E-state index contributed by atoms with van der Waals surface area (Å²) in [6.07, 6.45) is 2.11. The fourth-order valence-corrected chi connectivity index (χ4v) is 0.894. The Balaban J connectivity index is 2.52. The minimum Gasteiger partial charge on any atom is -0.364 e. The molecule has 0 aromatic rings. The van der Waals surface area contributed by atoms with Crippen molar-refractivity contribution in [3.05, 3.63) is 11.9 Å². The molecule has 1 heterocycles. The van der Waals surface area contributed by atoms with Gasteiger partial charge in [0.25, 0.3) is 0 Å². The van der Waals surface area contributed by atoms with Gasteiger partial charge < -0.3 is 4.74 Å². The number of ether oxygens (including phenoxy) is 1. The van der Waals surface area contributed by atoms with Crippen molar-refractivity contribution in [3.63, 3.8) is 0 Å². The molecule has 0 amide bonds. The Morgan fingerprint density at radius 2 is 2.44 bits per heavy atom. The molecular formula is C7H11FO. The van der Waals surface area contributed by atoms with Crippen molar-refractivity contribution < 1.29 is 9.13 Å². The quantitative estimate of drug-likeness (QED) is 0.527. The SMILES string of the molecule is CCC1C=C(F)C(C)O1. The molecule has 0 radical (unpaired) electrons. The maximum atomic E-state index is 12.5. The Hall–Kier alpha value is -0.370. The van der Waals surface area contributed by atoms with Crippen molar-refractivity contribution in [1.29, 1.82) is 0 Å². The number of rotatable bonds is 1. The van der Waals surface area contributed by atoms with Crippen LogP contribution >= 0.6 is 0 Å². The van der Waals surface area contributed by atoms with E-state index < -0.39 is 0 Å². The second-order valence-corrected chi connectivity index (χ2v) is 2.28. The van der Waals surface area contributed by atoms with Gasteiger partial charge in [-0.25, -0.2) is 4.39 Å². The minimum atomic E-state index is -0.310. The normalized spacial score (nSPS) is 34.8. The van der Waals surface area contributed by atoms with E-state index in [2.05, 4.69) is 0 Å². The summed E-state index contributed by atoms with van der Waals surface area (Å²) in [5.41, 5.74) is 0. The molecule has 2 atom stereocenters. The summed E-state index contributed by atoms with van der Waals surface area (Å²) < 4.78 is 17.6. The highest BCUT2D eigenvalue weighted by Crippen LogP contribution is 2.21. The third kappa shape index (κ3) is 1.30. The molecule has 1 aliphatic rings. The molecule has 1 nitrogen and oxygen atoms in total. The van der Waals surface area contributed by atoms with Crippen molar-refractivity contribution in [2.24, 2.45) is 0 Å². The number of hydrogen-bond acceptors (Lipinski definition) is 1. The van der Waals surface area contributed by atoms with Crippen LogP contribution in [0.1, 0.15) is 20.3 Å². The number of halogens is 1. The van der Waals surface area contributed by atoms with Crippen molar-refractivity contribution >= 4 is 0 Å². The maximum Gasteiger partial charge on any atom is 0.127 e. The van der Waals surface area contributed by atoms with E-state index in [0.717, 1.165) is 6.42 Å². The Kier molecular flexibility index (Phi) is 1.86. The summed E-state index contributed by atoms with van der Waals surface area (Å²) in [5, 5.41) is 0. The highest BCUT2D eigenvalue weighted by molar-refractivity contribution is 5.07. The zero-order valence-corrected chi connectivity index (χ0v) is 5.73. The van der Waals surface area contributed by atoms with Crippen LogP contribution in [0.4, 0.5) is 4.39 Å². The molecule has 0 fully saturated rings. The lowest BCUT2D eigenvalue weighted by atomic mass is 10.3. The van der Waals surface area contributed by atoms with Crippen molar-refractivity contribution in [1.82, 2.24) is 0 Å². The second-order valence-electron chi connectivity index (χ2n) is 2.28. The molecule has 2 unspecified atom stereocenters. The van der Waals surface area contributed by atoms with Crippen LogP contribution < -0.4 is 0 Å². The van der Waals surface area contributed by atoms with Gasteiger partial charge in [-0.2, -0.15) is 0 Å². The zero-order chi connectivity index (χ0) is 6.85. The van der Waals surface area contributed by atoms with Crippen LogP contribution in [0.25, 0.3) is 0 Å². The highest BCUT2D eigenvalue weighted by atomic mass is 19.1. The summed E-state index contributed by atoms with van der Waals surface area (Å²) in [6.45, 7) is 3.70. The third-order valence-electron chi connectivity index (χ3n) is 1.51. The van der Waals surface area contributed by atoms with Gasteiger partial charge in [0, 0.05) is 0 Å². The van der Waals surface area contributed by atoms with Crippen LogP contribution in [-0.2, 0) is 4.74 Å². The summed E-state index contributed by atoms with van der Waals surface area (Å²) in [4.78, 5) is 0. The van der Waals surface area contributed by atoms with Crippen molar-refractivity contribution in [3.8, 4) is 0 Å². The van der Waals surface area contributed by atoms with Gasteiger partial charge in [-0.1, -0.05) is 6.92 Å². The fraction of sp³-hybridized carbons (Fsp3) is 0.714. The van der Waals surface area contributed by atoms with E-state index in [4.69, 9.17) is 4.74 Å². The average molecular weight is 130 g/mol. The lowest BCUT2D eigenvalue weighted by molar-refractivity contribution is 0.0577. The molecular weight excluding hydrogens is 119 g/mol. The molecule has 0 spiro atoms. The van der Waals surface area contributed by atoms with E-state index in [1.165, 1.54) is 0 Å². The van der Waals surface area contributed by atoms with Gasteiger partial charge in [-0.05, 0) is 19.4 Å². The van der Waals surface area contributed by atoms with E-state index in [1.54, 1.807) is 13.0 Å². The van der Waals surface area contributed by atoms with Crippen LogP contribution in [0.5, 0.6) is 0 Å². The largest absolute Gasteiger partial charge is 0.364 e. The van der Waals surface area contributed by atoms with Crippen LogP contribution in [0.15, 0.2) is 11.9 Å². The first-order chi connectivity index (χ1) is 4.24. The summed E-state index contributed by atoms with van der Waals surface area (Å²) >= 11 is 0. The van der Waals surface area contributed by atoms with Crippen molar-refractivity contribution in [2.75, 3.05) is 0 Å². The highest BCUT2D eigenvalue weighted by Gasteiger charge is 2.21. The van der Waals surface area contributed by atoms with E-state index in [1.807, 2.05) is 6.92 Å². The fourth-order valence-electron chi connectivity index (χ4n) is 0.894. The summed E-state index contributed by atoms with van der Waals surface area (Å²) in [7, 11) is 0. The Bertz CT molecular complexity index is 131. The molecule has 9 heavy (non-hydrogen) atoms. The Labute approximate surface area is 54.5 Å². The topological polar surface area (TPSA) is 9.23 Å². The van der Waals surface area contributed by atoms with E-state index in [-0.39, 0.29) is 18.0 Å². The van der Waals surface area contributed by atoms with E-state index in [9.17, 15) is 4.39 Å². The van der Waals surface area contributed by atoms with Crippen molar-refractivity contribution in [2.45, 2.75) is 32.5 Å². The lowest BCUT2D eigenvalue weighted by Gasteiger charge is -2.06. The van der Waals surface area contributed by atoms with Crippen LogP contribution in [0, 0.1) is 0 Å². The molecule has 0 aliphatic carbocycles. The van der Waals surface area contributed by atoms with Gasteiger partial charge in [0.05, 0.1) is 6.10 Å². The molecule has 0 saturated carbocycles. The first-order valence-electron chi connectivity index (χ1n) is 3.26. The molecule has 1 rings (SSSR count). The first kappa shape index (κ1) is 6.75. The molecule has 0 saturated heterocycles.